The highest BCUT2D eigenvalue weighted by Crippen LogP contribution is 2.22. The van der Waals surface area contributed by atoms with Crippen molar-refractivity contribution >= 4 is 11.7 Å². The lowest BCUT2D eigenvalue weighted by atomic mass is 10.1. The van der Waals surface area contributed by atoms with Crippen LogP contribution in [0.1, 0.15) is 12.5 Å². The molecule has 104 valence electrons. The van der Waals surface area contributed by atoms with Gasteiger partial charge in [-0.15, -0.1) is 0 Å². The van der Waals surface area contributed by atoms with Crippen LogP contribution in [0.5, 0.6) is 5.75 Å². The van der Waals surface area contributed by atoms with Crippen LogP contribution in [0.2, 0.25) is 0 Å². The van der Waals surface area contributed by atoms with Gasteiger partial charge in [0.1, 0.15) is 11.8 Å². The fourth-order valence-electron chi connectivity index (χ4n) is 1.50. The molecule has 0 heterocycles. The molecule has 7 heteroatoms. The highest BCUT2D eigenvalue weighted by atomic mass is 16.6. The summed E-state index contributed by atoms with van der Waals surface area (Å²) in [5.41, 5.74) is 0.601. The maximum absolute atomic E-state index is 11.2. The maximum atomic E-state index is 11.2. The number of hydrogen-bond acceptors (Lipinski definition) is 6. The first kappa shape index (κ1) is 14.9. The van der Waals surface area contributed by atoms with Gasteiger partial charge in [-0.3, -0.25) is 14.9 Å². The third-order valence-corrected chi connectivity index (χ3v) is 2.56. The number of nitro benzene ring substituents is 1. The summed E-state index contributed by atoms with van der Waals surface area (Å²) in [6.45, 7) is 1.95. The van der Waals surface area contributed by atoms with Crippen LogP contribution in [0.15, 0.2) is 18.2 Å². The van der Waals surface area contributed by atoms with Crippen molar-refractivity contribution < 1.29 is 19.2 Å². The first-order valence-corrected chi connectivity index (χ1v) is 5.61. The number of nitrogens with zero attached hydrogens (tertiary/aromatic N) is 1. The standard InChI is InChI=1S/C12H16N2O5/c1-8(12(15)19-3)13-7-9-4-10(14(16)17)6-11(5-9)18-2/h4-6,8,13H,7H2,1-3H3. The van der Waals surface area contributed by atoms with Gasteiger partial charge in [0.15, 0.2) is 0 Å². The van der Waals surface area contributed by atoms with E-state index < -0.39 is 16.9 Å². The van der Waals surface area contributed by atoms with Crippen molar-refractivity contribution in [3.63, 3.8) is 0 Å². The predicted molar refractivity (Wildman–Crippen MR) is 68.0 cm³/mol. The lowest BCUT2D eigenvalue weighted by molar-refractivity contribution is -0.385. The fourth-order valence-corrected chi connectivity index (χ4v) is 1.50. The topological polar surface area (TPSA) is 90.7 Å². The molecule has 1 atom stereocenters. The maximum Gasteiger partial charge on any atom is 0.322 e. The van der Waals surface area contributed by atoms with E-state index in [0.29, 0.717) is 17.9 Å². The zero-order chi connectivity index (χ0) is 14.4. The molecule has 0 radical (unpaired) electrons. The highest BCUT2D eigenvalue weighted by Gasteiger charge is 2.14. The van der Waals surface area contributed by atoms with Gasteiger partial charge in [0.2, 0.25) is 0 Å². The lowest BCUT2D eigenvalue weighted by Crippen LogP contribution is -2.34. The SMILES string of the molecule is COC(=O)C(C)NCc1cc(OC)cc([N+](=O)[O-])c1. The van der Waals surface area contributed by atoms with Crippen molar-refractivity contribution in [3.05, 3.63) is 33.9 Å². The Bertz CT molecular complexity index is 475. The molecule has 1 rings (SSSR count). The number of hydrogen-bond donors (Lipinski definition) is 1. The van der Waals surface area contributed by atoms with Gasteiger partial charge < -0.3 is 14.8 Å². The van der Waals surface area contributed by atoms with Crippen molar-refractivity contribution in [1.82, 2.24) is 5.32 Å². The molecule has 0 aliphatic heterocycles. The van der Waals surface area contributed by atoms with Crippen molar-refractivity contribution in [3.8, 4) is 5.75 Å². The van der Waals surface area contributed by atoms with Crippen LogP contribution in [-0.4, -0.2) is 31.2 Å². The molecule has 1 N–H and O–H groups in total. The van der Waals surface area contributed by atoms with Gasteiger partial charge in [0.25, 0.3) is 5.69 Å². The van der Waals surface area contributed by atoms with E-state index >= 15 is 0 Å². The third-order valence-electron chi connectivity index (χ3n) is 2.56. The van der Waals surface area contributed by atoms with Crippen molar-refractivity contribution in [2.45, 2.75) is 19.5 Å². The second kappa shape index (κ2) is 6.69. The Kier molecular flexibility index (Phi) is 5.25. The normalized spacial score (nSPS) is 11.7. The third kappa shape index (κ3) is 4.22. The smallest absolute Gasteiger partial charge is 0.322 e. The molecule has 1 aromatic rings. The van der Waals surface area contributed by atoms with Gasteiger partial charge in [0, 0.05) is 12.6 Å². The molecule has 0 fully saturated rings. The largest absolute Gasteiger partial charge is 0.496 e. The first-order chi connectivity index (χ1) is 8.97. The van der Waals surface area contributed by atoms with E-state index in [9.17, 15) is 14.9 Å². The molecule has 0 saturated carbocycles. The van der Waals surface area contributed by atoms with Crippen LogP contribution in [0.25, 0.3) is 0 Å². The summed E-state index contributed by atoms with van der Waals surface area (Å²) < 4.78 is 9.57. The summed E-state index contributed by atoms with van der Waals surface area (Å²) in [4.78, 5) is 21.5. The Balaban J connectivity index is 2.80. The Morgan fingerprint density at radius 1 is 1.42 bits per heavy atom. The van der Waals surface area contributed by atoms with E-state index in [4.69, 9.17) is 4.74 Å². The number of rotatable bonds is 6. The molecule has 7 nitrogen and oxygen atoms in total. The van der Waals surface area contributed by atoms with E-state index in [2.05, 4.69) is 10.1 Å². The summed E-state index contributed by atoms with van der Waals surface area (Å²) in [7, 11) is 2.74. The Morgan fingerprint density at radius 3 is 2.63 bits per heavy atom. The van der Waals surface area contributed by atoms with Crippen LogP contribution in [0, 0.1) is 10.1 Å². The number of methoxy groups -OCH3 is 2. The fraction of sp³-hybridized carbons (Fsp3) is 0.417. The van der Waals surface area contributed by atoms with E-state index in [1.54, 1.807) is 13.0 Å². The van der Waals surface area contributed by atoms with Crippen LogP contribution >= 0.6 is 0 Å². The van der Waals surface area contributed by atoms with Crippen LogP contribution in [0.4, 0.5) is 5.69 Å². The highest BCUT2D eigenvalue weighted by molar-refractivity contribution is 5.75. The number of nitro groups is 1. The van der Waals surface area contributed by atoms with E-state index in [1.165, 1.54) is 26.4 Å². The minimum atomic E-state index is -0.491. The molecular weight excluding hydrogens is 252 g/mol. The zero-order valence-corrected chi connectivity index (χ0v) is 11.0. The number of ether oxygens (including phenoxy) is 2. The van der Waals surface area contributed by atoms with Crippen molar-refractivity contribution in [1.29, 1.82) is 0 Å². The molecule has 0 aromatic heterocycles. The molecule has 0 saturated heterocycles. The number of benzene rings is 1. The Morgan fingerprint density at radius 2 is 2.11 bits per heavy atom. The average molecular weight is 268 g/mol. The van der Waals surface area contributed by atoms with E-state index in [-0.39, 0.29) is 5.69 Å². The van der Waals surface area contributed by atoms with Gasteiger partial charge in [-0.05, 0) is 18.6 Å². The monoisotopic (exact) mass is 268 g/mol. The summed E-state index contributed by atoms with van der Waals surface area (Å²) in [5, 5.41) is 13.7. The van der Waals surface area contributed by atoms with Crippen LogP contribution in [-0.2, 0) is 16.1 Å². The van der Waals surface area contributed by atoms with Crippen molar-refractivity contribution in [2.75, 3.05) is 14.2 Å². The molecule has 0 bridgehead atoms. The van der Waals surface area contributed by atoms with Gasteiger partial charge >= 0.3 is 5.97 Å². The summed E-state index contributed by atoms with van der Waals surface area (Å²) >= 11 is 0. The quantitative estimate of drug-likeness (QED) is 0.474. The second-order valence-electron chi connectivity index (χ2n) is 3.92. The number of carbonyl (C=O) groups is 1. The minimum absolute atomic E-state index is 0.0538. The molecule has 0 amide bonds. The molecule has 19 heavy (non-hydrogen) atoms. The predicted octanol–water partition coefficient (Wildman–Crippen LogP) is 1.25. The van der Waals surface area contributed by atoms with Gasteiger partial charge in [-0.25, -0.2) is 0 Å². The molecule has 1 aromatic carbocycles. The molecule has 0 aliphatic rings. The van der Waals surface area contributed by atoms with Crippen LogP contribution < -0.4 is 10.1 Å². The zero-order valence-electron chi connectivity index (χ0n) is 11.0. The molecule has 0 spiro atoms. The molecule has 1 unspecified atom stereocenters. The number of carbonyl (C=O) groups excluding carboxylic acids is 1. The van der Waals surface area contributed by atoms with Gasteiger partial charge in [-0.2, -0.15) is 0 Å². The Hall–Kier alpha value is -2.15. The van der Waals surface area contributed by atoms with Gasteiger partial charge in [-0.1, -0.05) is 0 Å². The summed E-state index contributed by atoms with van der Waals surface area (Å²) in [5.74, 6) is 0.00844. The van der Waals surface area contributed by atoms with Crippen molar-refractivity contribution in [2.24, 2.45) is 0 Å². The summed E-state index contributed by atoms with van der Waals surface area (Å²) in [6.07, 6.45) is 0. The number of nitrogens with one attached hydrogen (secondary N) is 1. The first-order valence-electron chi connectivity index (χ1n) is 5.61. The summed E-state index contributed by atoms with van der Waals surface area (Å²) in [6, 6.07) is 3.95. The molecular formula is C12H16N2O5. The number of non-ortho nitro benzene ring substituents is 1. The average Bonchev–Trinajstić information content (AvgIpc) is 2.43. The molecule has 0 aliphatic carbocycles. The van der Waals surface area contributed by atoms with Gasteiger partial charge in [0.05, 0.1) is 25.2 Å². The second-order valence-corrected chi connectivity index (χ2v) is 3.92. The number of esters is 1. The van der Waals surface area contributed by atoms with E-state index in [0.717, 1.165) is 0 Å². The van der Waals surface area contributed by atoms with Crippen LogP contribution in [0.3, 0.4) is 0 Å². The minimum Gasteiger partial charge on any atom is -0.496 e. The Labute approximate surface area is 110 Å². The lowest BCUT2D eigenvalue weighted by Gasteiger charge is -2.12. The van der Waals surface area contributed by atoms with E-state index in [1.807, 2.05) is 0 Å².